The molecular weight excluding hydrogens is 350 g/mol. The number of nitrogens with one attached hydrogen (secondary N) is 3. The molecule has 0 radical (unpaired) electrons. The first kappa shape index (κ1) is 17.8. The second-order valence-electron chi connectivity index (χ2n) is 7.09. The van der Waals surface area contributed by atoms with Crippen LogP contribution in [0, 0.1) is 0 Å². The van der Waals surface area contributed by atoms with E-state index in [-0.39, 0.29) is 5.69 Å². The number of carbonyl (C=O) groups excluding carboxylic acids is 2. The third-order valence-electron chi connectivity index (χ3n) is 4.94. The van der Waals surface area contributed by atoms with Crippen LogP contribution in [0.4, 0.5) is 11.4 Å². The third kappa shape index (κ3) is 3.11. The van der Waals surface area contributed by atoms with Gasteiger partial charge in [-0.3, -0.25) is 9.59 Å². The van der Waals surface area contributed by atoms with Crippen LogP contribution < -0.4 is 5.32 Å². The molecule has 0 saturated carbocycles. The number of benzene rings is 2. The fourth-order valence-electron chi connectivity index (χ4n) is 3.43. The molecule has 2 aromatic heterocycles. The number of H-pyrrole nitrogens is 2. The van der Waals surface area contributed by atoms with E-state index in [1.54, 1.807) is 6.20 Å². The molecule has 4 rings (SSSR count). The molecule has 0 aliphatic carbocycles. The second-order valence-corrected chi connectivity index (χ2v) is 7.09. The van der Waals surface area contributed by atoms with E-state index in [9.17, 15) is 9.59 Å². The Morgan fingerprint density at radius 3 is 2.57 bits per heavy atom. The van der Waals surface area contributed by atoms with E-state index in [4.69, 9.17) is 0 Å². The fraction of sp³-hybridized carbons (Fsp3) is 0.130. The Balaban J connectivity index is 1.85. The minimum atomic E-state index is -0.589. The molecule has 28 heavy (non-hydrogen) atoms. The number of fused-ring (bicyclic) bond motifs is 1. The summed E-state index contributed by atoms with van der Waals surface area (Å²) >= 11 is 0. The minimum Gasteiger partial charge on any atom is -0.361 e. The van der Waals surface area contributed by atoms with Gasteiger partial charge in [-0.25, -0.2) is 0 Å². The van der Waals surface area contributed by atoms with Gasteiger partial charge < -0.3 is 15.3 Å². The second kappa shape index (κ2) is 7.19. The first-order valence-electron chi connectivity index (χ1n) is 9.23. The molecule has 2 aromatic carbocycles. The van der Waals surface area contributed by atoms with E-state index < -0.39 is 5.78 Å². The molecule has 140 valence electrons. The van der Waals surface area contributed by atoms with Crippen LogP contribution in [0.1, 0.15) is 35.8 Å². The first-order chi connectivity index (χ1) is 13.6. The van der Waals surface area contributed by atoms with Gasteiger partial charge in [-0.1, -0.05) is 44.2 Å². The molecule has 2 heterocycles. The number of para-hydroxylation sites is 1. The number of ketones is 1. The van der Waals surface area contributed by atoms with Gasteiger partial charge in [0.2, 0.25) is 5.78 Å². The summed E-state index contributed by atoms with van der Waals surface area (Å²) < 4.78 is 0. The largest absolute Gasteiger partial charge is 0.361 e. The molecule has 5 nitrogen and oxygen atoms in total. The van der Waals surface area contributed by atoms with Crippen LogP contribution in [-0.4, -0.2) is 22.0 Å². The van der Waals surface area contributed by atoms with Crippen molar-refractivity contribution >= 4 is 34.3 Å². The lowest BCUT2D eigenvalue weighted by atomic mass is 10.0. The summed E-state index contributed by atoms with van der Waals surface area (Å²) in [7, 11) is 0. The van der Waals surface area contributed by atoms with Gasteiger partial charge in [0, 0.05) is 40.1 Å². The van der Waals surface area contributed by atoms with Crippen molar-refractivity contribution in [1.82, 2.24) is 9.97 Å². The molecule has 0 spiro atoms. The van der Waals surface area contributed by atoms with Gasteiger partial charge in [0.25, 0.3) is 0 Å². The fourth-order valence-corrected chi connectivity index (χ4v) is 3.43. The van der Waals surface area contributed by atoms with Crippen molar-refractivity contribution in [2.75, 3.05) is 5.32 Å². The number of Topliss-reactive ketones (excluding diaryl/α,β-unsaturated/α-hetero) is 1. The van der Waals surface area contributed by atoms with E-state index in [1.807, 2.05) is 42.6 Å². The molecule has 4 aromatic rings. The zero-order valence-electron chi connectivity index (χ0n) is 15.7. The number of aromatic nitrogens is 2. The van der Waals surface area contributed by atoms with Crippen molar-refractivity contribution < 1.29 is 9.59 Å². The quantitative estimate of drug-likeness (QED) is 0.241. The van der Waals surface area contributed by atoms with Crippen LogP contribution in [0.5, 0.6) is 0 Å². The number of carbonyl (C=O) groups is 2. The van der Waals surface area contributed by atoms with E-state index in [0.717, 1.165) is 27.7 Å². The van der Waals surface area contributed by atoms with Crippen molar-refractivity contribution in [3.05, 3.63) is 72.2 Å². The summed E-state index contributed by atoms with van der Waals surface area (Å²) in [6.45, 7) is 4.27. The maximum absolute atomic E-state index is 12.2. The van der Waals surface area contributed by atoms with Gasteiger partial charge >= 0.3 is 0 Å². The Bertz CT molecular complexity index is 1170. The first-order valence-corrected chi connectivity index (χ1v) is 9.23. The lowest BCUT2D eigenvalue weighted by Crippen LogP contribution is -2.05. The Hall–Kier alpha value is -3.60. The van der Waals surface area contributed by atoms with Crippen LogP contribution in [0.15, 0.2) is 60.9 Å². The zero-order chi connectivity index (χ0) is 19.7. The molecule has 3 N–H and O–H groups in total. The van der Waals surface area contributed by atoms with Gasteiger partial charge in [-0.15, -0.1) is 0 Å². The molecule has 5 heteroatoms. The SMILES string of the molecule is CC(C)c1cccc(Nc2c(-c3c[nH]c4ccccc34)c[nH]c2C(=O)C=O)c1. The number of hydrogen-bond acceptors (Lipinski definition) is 3. The molecule has 0 atom stereocenters. The molecule has 0 aliphatic rings. The number of aldehydes is 1. The molecule has 0 saturated heterocycles. The van der Waals surface area contributed by atoms with E-state index in [2.05, 4.69) is 41.3 Å². The number of anilines is 2. The maximum Gasteiger partial charge on any atom is 0.243 e. The van der Waals surface area contributed by atoms with Gasteiger partial charge in [-0.2, -0.15) is 0 Å². The summed E-state index contributed by atoms with van der Waals surface area (Å²) in [5, 5.41) is 4.41. The summed E-state index contributed by atoms with van der Waals surface area (Å²) in [6.07, 6.45) is 4.01. The molecule has 0 fully saturated rings. The Morgan fingerprint density at radius 1 is 1.00 bits per heavy atom. The number of aromatic amines is 2. The highest BCUT2D eigenvalue weighted by atomic mass is 16.2. The van der Waals surface area contributed by atoms with Crippen LogP contribution in [-0.2, 0) is 4.79 Å². The minimum absolute atomic E-state index is 0.255. The number of hydrogen-bond donors (Lipinski definition) is 3. The standard InChI is InChI=1S/C23H21N3O2/c1-14(2)15-6-5-7-16(10-15)26-22-19(12-25-23(22)21(28)13-27)18-11-24-20-9-4-3-8-17(18)20/h3-14,24-26H,1-2H3. The van der Waals surface area contributed by atoms with Crippen molar-refractivity contribution in [3.8, 4) is 11.1 Å². The van der Waals surface area contributed by atoms with E-state index >= 15 is 0 Å². The summed E-state index contributed by atoms with van der Waals surface area (Å²) in [5.74, 6) is -0.203. The Morgan fingerprint density at radius 2 is 1.79 bits per heavy atom. The van der Waals surface area contributed by atoms with Crippen LogP contribution in [0.25, 0.3) is 22.0 Å². The molecular formula is C23H21N3O2. The monoisotopic (exact) mass is 371 g/mol. The predicted molar refractivity (Wildman–Crippen MR) is 112 cm³/mol. The van der Waals surface area contributed by atoms with E-state index in [1.165, 1.54) is 5.56 Å². The third-order valence-corrected chi connectivity index (χ3v) is 4.94. The lowest BCUT2D eigenvalue weighted by molar-refractivity contribution is -0.104. The van der Waals surface area contributed by atoms with Crippen LogP contribution in [0.2, 0.25) is 0 Å². The van der Waals surface area contributed by atoms with Gasteiger partial charge in [0.1, 0.15) is 5.69 Å². The summed E-state index contributed by atoms with van der Waals surface area (Å²) in [6, 6.07) is 16.0. The zero-order valence-corrected chi connectivity index (χ0v) is 15.7. The maximum atomic E-state index is 12.2. The van der Waals surface area contributed by atoms with Crippen LogP contribution >= 0.6 is 0 Å². The van der Waals surface area contributed by atoms with E-state index in [0.29, 0.717) is 17.9 Å². The smallest absolute Gasteiger partial charge is 0.243 e. The highest BCUT2D eigenvalue weighted by molar-refractivity contribution is 6.35. The van der Waals surface area contributed by atoms with Gasteiger partial charge in [-0.05, 0) is 29.7 Å². The number of rotatable bonds is 6. The lowest BCUT2D eigenvalue weighted by Gasteiger charge is -2.12. The van der Waals surface area contributed by atoms with Crippen molar-refractivity contribution in [1.29, 1.82) is 0 Å². The highest BCUT2D eigenvalue weighted by Crippen LogP contribution is 2.37. The Kier molecular flexibility index (Phi) is 4.57. The molecule has 0 unspecified atom stereocenters. The van der Waals surface area contributed by atoms with Crippen molar-refractivity contribution in [2.24, 2.45) is 0 Å². The topological polar surface area (TPSA) is 77.8 Å². The highest BCUT2D eigenvalue weighted by Gasteiger charge is 2.20. The molecule has 0 bridgehead atoms. The average molecular weight is 371 g/mol. The molecule has 0 aliphatic heterocycles. The van der Waals surface area contributed by atoms with Crippen LogP contribution in [0.3, 0.4) is 0 Å². The summed E-state index contributed by atoms with van der Waals surface area (Å²) in [5.41, 5.74) is 5.71. The van der Waals surface area contributed by atoms with Gasteiger partial charge in [0.05, 0.1) is 5.69 Å². The Labute approximate surface area is 162 Å². The van der Waals surface area contributed by atoms with Gasteiger partial charge in [0.15, 0.2) is 6.29 Å². The predicted octanol–water partition coefficient (Wildman–Crippen LogP) is 5.41. The summed E-state index contributed by atoms with van der Waals surface area (Å²) in [4.78, 5) is 29.6. The normalized spacial score (nSPS) is 11.1. The van der Waals surface area contributed by atoms with Crippen molar-refractivity contribution in [3.63, 3.8) is 0 Å². The molecule has 0 amide bonds. The van der Waals surface area contributed by atoms with Crippen molar-refractivity contribution in [2.45, 2.75) is 19.8 Å². The average Bonchev–Trinajstić information content (AvgIpc) is 3.31.